The van der Waals surface area contributed by atoms with Crippen LogP contribution in [0.15, 0.2) is 12.4 Å². The van der Waals surface area contributed by atoms with Crippen LogP contribution in [0.5, 0.6) is 0 Å². The third-order valence-corrected chi connectivity index (χ3v) is 2.74. The number of rotatable bonds is 0. The molecule has 12 heavy (non-hydrogen) atoms. The van der Waals surface area contributed by atoms with Gasteiger partial charge < -0.3 is 0 Å². The first-order valence-electron chi connectivity index (χ1n) is 3.34. The monoisotopic (exact) mass is 293 g/mol. The molecule has 0 unspecified atom stereocenters. The van der Waals surface area contributed by atoms with Crippen LogP contribution in [0.4, 0.5) is 0 Å². The molecule has 0 spiro atoms. The van der Waals surface area contributed by atoms with Crippen LogP contribution in [0, 0.1) is 10.5 Å². The Labute approximate surface area is 87.9 Å². The molecule has 5 heteroatoms. The Bertz CT molecular complexity index is 437. The Morgan fingerprint density at radius 3 is 3.00 bits per heavy atom. The molecule has 0 aromatic carbocycles. The fourth-order valence-corrected chi connectivity index (χ4v) is 2.43. The van der Waals surface area contributed by atoms with Crippen molar-refractivity contribution in [2.45, 2.75) is 6.92 Å². The molecule has 3 nitrogen and oxygen atoms in total. The van der Waals surface area contributed by atoms with Crippen LogP contribution >= 0.6 is 34.2 Å². The van der Waals surface area contributed by atoms with E-state index >= 15 is 0 Å². The van der Waals surface area contributed by atoms with Gasteiger partial charge in [0, 0.05) is 9.26 Å². The van der Waals surface area contributed by atoms with E-state index in [1.807, 2.05) is 13.0 Å². The van der Waals surface area contributed by atoms with Gasteiger partial charge in [-0.2, -0.15) is 5.10 Å². The summed E-state index contributed by atoms with van der Waals surface area (Å²) in [4.78, 5) is 3.91. The molecule has 62 valence electrons. The highest BCUT2D eigenvalue weighted by atomic mass is 127. The van der Waals surface area contributed by atoms with Gasteiger partial charge in [0.05, 0.1) is 0 Å². The summed E-state index contributed by atoms with van der Waals surface area (Å²) in [7, 11) is 0. The summed E-state index contributed by atoms with van der Waals surface area (Å²) in [6, 6.07) is 2.02. The first-order valence-corrected chi connectivity index (χ1v) is 4.80. The maximum Gasteiger partial charge on any atom is 0.157 e. The molecule has 0 N–H and O–H groups in total. The highest BCUT2D eigenvalue weighted by Gasteiger charge is 2.08. The van der Waals surface area contributed by atoms with E-state index < -0.39 is 0 Å². The van der Waals surface area contributed by atoms with Crippen LogP contribution in [-0.2, 0) is 0 Å². The second kappa shape index (κ2) is 2.85. The Morgan fingerprint density at radius 1 is 1.58 bits per heavy atom. The number of aromatic nitrogens is 3. The summed E-state index contributed by atoms with van der Waals surface area (Å²) < 4.78 is 2.87. The zero-order valence-electron chi connectivity index (χ0n) is 6.25. The molecule has 0 aliphatic carbocycles. The van der Waals surface area contributed by atoms with Crippen molar-refractivity contribution in [1.82, 2.24) is 14.6 Å². The number of halogens is 2. The van der Waals surface area contributed by atoms with Crippen molar-refractivity contribution in [2.75, 3.05) is 0 Å². The van der Waals surface area contributed by atoms with Crippen molar-refractivity contribution in [2.24, 2.45) is 0 Å². The van der Waals surface area contributed by atoms with Crippen molar-refractivity contribution in [3.63, 3.8) is 0 Å². The molecule has 0 radical (unpaired) electrons. The zero-order chi connectivity index (χ0) is 8.72. The van der Waals surface area contributed by atoms with Gasteiger partial charge in [0.25, 0.3) is 0 Å². The number of hydrogen-bond acceptors (Lipinski definition) is 2. The molecule has 0 atom stereocenters. The Hall–Kier alpha value is -0.360. The summed E-state index contributed by atoms with van der Waals surface area (Å²) in [6.45, 7) is 1.98. The molecule has 0 bridgehead atoms. The third kappa shape index (κ3) is 1.09. The number of fused-ring (bicyclic) bond motifs is 1. The van der Waals surface area contributed by atoms with Crippen LogP contribution in [0.1, 0.15) is 5.69 Å². The molecule has 0 saturated heterocycles. The molecule has 0 fully saturated rings. The number of nitrogens with zero attached hydrogens (tertiary/aromatic N) is 3. The quantitative estimate of drug-likeness (QED) is 0.698. The molecule has 0 saturated carbocycles. The summed E-state index contributed by atoms with van der Waals surface area (Å²) in [5, 5.41) is 4.58. The Kier molecular flexibility index (Phi) is 1.96. The van der Waals surface area contributed by atoms with E-state index in [2.05, 4.69) is 32.7 Å². The second-order valence-electron chi connectivity index (χ2n) is 2.44. The molecule has 0 amide bonds. The fourth-order valence-electron chi connectivity index (χ4n) is 1.11. The first-order chi connectivity index (χ1) is 5.70. The van der Waals surface area contributed by atoms with Crippen LogP contribution in [0.3, 0.4) is 0 Å². The van der Waals surface area contributed by atoms with Gasteiger partial charge >= 0.3 is 0 Å². The molecule has 2 heterocycles. The van der Waals surface area contributed by atoms with Gasteiger partial charge in [0.2, 0.25) is 0 Å². The van der Waals surface area contributed by atoms with Gasteiger partial charge in [-0.25, -0.2) is 9.50 Å². The molecule has 2 aromatic heterocycles. The van der Waals surface area contributed by atoms with Crippen molar-refractivity contribution < 1.29 is 0 Å². The normalized spacial score (nSPS) is 10.9. The summed E-state index contributed by atoms with van der Waals surface area (Å²) in [5.41, 5.74) is 1.95. The van der Waals surface area contributed by atoms with E-state index in [4.69, 9.17) is 11.6 Å². The van der Waals surface area contributed by atoms with Crippen molar-refractivity contribution in [3.8, 4) is 0 Å². The largest absolute Gasteiger partial charge is 0.232 e. The van der Waals surface area contributed by atoms with Gasteiger partial charge in [-0.1, -0.05) is 11.6 Å². The third-order valence-electron chi connectivity index (χ3n) is 1.64. The van der Waals surface area contributed by atoms with E-state index in [0.717, 1.165) is 14.8 Å². The Morgan fingerprint density at radius 2 is 2.33 bits per heavy atom. The molecule has 0 aliphatic rings. The highest BCUT2D eigenvalue weighted by molar-refractivity contribution is 14.1. The molecule has 2 aromatic rings. The molecular weight excluding hydrogens is 288 g/mol. The minimum absolute atomic E-state index is 0.502. The first kappa shape index (κ1) is 8.25. The van der Waals surface area contributed by atoms with E-state index in [0.29, 0.717) is 5.15 Å². The predicted molar refractivity (Wildman–Crippen MR) is 55.5 cm³/mol. The highest BCUT2D eigenvalue weighted by Crippen LogP contribution is 2.22. The SMILES string of the molecule is Cc1cc(I)c2c(Cl)ncnn12. The van der Waals surface area contributed by atoms with E-state index in [1.165, 1.54) is 6.33 Å². The van der Waals surface area contributed by atoms with Crippen LogP contribution in [0.25, 0.3) is 5.52 Å². The maximum absolute atomic E-state index is 5.90. The van der Waals surface area contributed by atoms with E-state index in [-0.39, 0.29) is 0 Å². The van der Waals surface area contributed by atoms with Gasteiger partial charge in [-0.15, -0.1) is 0 Å². The minimum Gasteiger partial charge on any atom is -0.232 e. The lowest BCUT2D eigenvalue weighted by Gasteiger charge is -1.96. The summed E-state index contributed by atoms with van der Waals surface area (Å²) in [6.07, 6.45) is 1.46. The lowest BCUT2D eigenvalue weighted by molar-refractivity contribution is 0.871. The summed E-state index contributed by atoms with van der Waals surface area (Å²) in [5.74, 6) is 0. The van der Waals surface area contributed by atoms with Gasteiger partial charge in [0.1, 0.15) is 11.8 Å². The van der Waals surface area contributed by atoms with Crippen molar-refractivity contribution in [3.05, 3.63) is 26.8 Å². The van der Waals surface area contributed by atoms with Gasteiger partial charge in [0.15, 0.2) is 5.15 Å². The lowest BCUT2D eigenvalue weighted by atomic mass is 10.5. The Balaban J connectivity index is 2.99. The summed E-state index contributed by atoms with van der Waals surface area (Å²) >= 11 is 8.12. The number of hydrogen-bond donors (Lipinski definition) is 0. The van der Waals surface area contributed by atoms with Crippen LogP contribution in [-0.4, -0.2) is 14.6 Å². The smallest absolute Gasteiger partial charge is 0.157 e. The van der Waals surface area contributed by atoms with Gasteiger partial charge in [-0.3, -0.25) is 0 Å². The van der Waals surface area contributed by atoms with Crippen molar-refractivity contribution in [1.29, 1.82) is 0 Å². The fraction of sp³-hybridized carbons (Fsp3) is 0.143. The topological polar surface area (TPSA) is 30.2 Å². The van der Waals surface area contributed by atoms with Gasteiger partial charge in [-0.05, 0) is 35.6 Å². The predicted octanol–water partition coefficient (Wildman–Crippen LogP) is 2.30. The maximum atomic E-state index is 5.90. The van der Waals surface area contributed by atoms with Crippen molar-refractivity contribution >= 4 is 39.7 Å². The second-order valence-corrected chi connectivity index (χ2v) is 3.97. The zero-order valence-corrected chi connectivity index (χ0v) is 9.17. The minimum atomic E-state index is 0.502. The molecule has 2 rings (SSSR count). The standard InChI is InChI=1S/C7H5ClIN3/c1-4-2-5(9)6-7(8)10-3-11-12(4)6/h2-3H,1H3. The molecular formula is C7H5ClIN3. The van der Waals surface area contributed by atoms with Crippen LogP contribution < -0.4 is 0 Å². The average molecular weight is 293 g/mol. The molecule has 0 aliphatic heterocycles. The van der Waals surface area contributed by atoms with Crippen LogP contribution in [0.2, 0.25) is 5.15 Å². The average Bonchev–Trinajstić information content (AvgIpc) is 2.29. The lowest BCUT2D eigenvalue weighted by Crippen LogP contribution is -1.94. The van der Waals surface area contributed by atoms with E-state index in [1.54, 1.807) is 4.52 Å². The number of aryl methyl sites for hydroxylation is 1. The van der Waals surface area contributed by atoms with E-state index in [9.17, 15) is 0 Å².